The first-order valence-electron chi connectivity index (χ1n) is 3.88. The summed E-state index contributed by atoms with van der Waals surface area (Å²) in [5.41, 5.74) is 0. The maximum absolute atomic E-state index is 9.23. The van der Waals surface area contributed by atoms with Gasteiger partial charge in [0.25, 0.3) is 0 Å². The van der Waals surface area contributed by atoms with Crippen LogP contribution in [0.15, 0.2) is 0 Å². The Morgan fingerprint density at radius 2 is 1.67 bits per heavy atom. The lowest BCUT2D eigenvalue weighted by Crippen LogP contribution is -2.57. The number of aliphatic hydroxyl groups is 4. The van der Waals surface area contributed by atoms with E-state index < -0.39 is 30.5 Å². The van der Waals surface area contributed by atoms with E-state index in [4.69, 9.17) is 9.84 Å². The van der Waals surface area contributed by atoms with Crippen LogP contribution in [0.1, 0.15) is 6.92 Å². The summed E-state index contributed by atoms with van der Waals surface area (Å²) in [6.45, 7) is 1.21. The molecule has 0 amide bonds. The summed E-state index contributed by atoms with van der Waals surface area (Å²) in [5, 5.41) is 36.4. The predicted molar refractivity (Wildman–Crippen MR) is 39.4 cm³/mol. The highest BCUT2D eigenvalue weighted by Crippen LogP contribution is 2.20. The lowest BCUT2D eigenvalue weighted by Gasteiger charge is -2.38. The van der Waals surface area contributed by atoms with Crippen LogP contribution in [0.2, 0.25) is 0 Å². The molecular formula is C7H14O5. The zero-order valence-electron chi connectivity index (χ0n) is 6.79. The summed E-state index contributed by atoms with van der Waals surface area (Å²) in [7, 11) is 0. The number of hydrogen-bond acceptors (Lipinski definition) is 5. The molecule has 1 rings (SSSR count). The molecule has 0 aromatic rings. The molecule has 5 heteroatoms. The van der Waals surface area contributed by atoms with Crippen molar-refractivity contribution >= 4 is 0 Å². The van der Waals surface area contributed by atoms with Gasteiger partial charge in [0.1, 0.15) is 24.4 Å². The smallest absolute Gasteiger partial charge is 0.111 e. The second-order valence-electron chi connectivity index (χ2n) is 3.03. The molecule has 0 aromatic carbocycles. The average molecular weight is 178 g/mol. The second-order valence-corrected chi connectivity index (χ2v) is 3.03. The Hall–Kier alpha value is -0.200. The van der Waals surface area contributed by atoms with Gasteiger partial charge in [0.05, 0.1) is 12.7 Å². The van der Waals surface area contributed by atoms with Gasteiger partial charge < -0.3 is 25.2 Å². The average Bonchev–Trinajstić information content (AvgIpc) is 2.08. The van der Waals surface area contributed by atoms with Crippen LogP contribution in [-0.4, -0.2) is 57.6 Å². The molecule has 1 fully saturated rings. The van der Waals surface area contributed by atoms with Crippen molar-refractivity contribution in [2.45, 2.75) is 37.4 Å². The van der Waals surface area contributed by atoms with Crippen LogP contribution in [0.4, 0.5) is 0 Å². The molecule has 0 spiro atoms. The molecule has 1 aliphatic rings. The Kier molecular flexibility index (Phi) is 3.03. The first-order chi connectivity index (χ1) is 5.57. The van der Waals surface area contributed by atoms with Gasteiger partial charge in [-0.15, -0.1) is 0 Å². The summed E-state index contributed by atoms with van der Waals surface area (Å²) in [6, 6.07) is 0. The van der Waals surface area contributed by atoms with E-state index in [0.717, 1.165) is 0 Å². The Bertz CT molecular complexity index is 146. The van der Waals surface area contributed by atoms with E-state index in [2.05, 4.69) is 0 Å². The number of aliphatic hydroxyl groups excluding tert-OH is 4. The van der Waals surface area contributed by atoms with Gasteiger partial charge in [-0.3, -0.25) is 0 Å². The monoisotopic (exact) mass is 178 g/mol. The molecule has 0 aromatic heterocycles. The summed E-state index contributed by atoms with van der Waals surface area (Å²) in [4.78, 5) is 0. The van der Waals surface area contributed by atoms with Crippen molar-refractivity contribution in [3.05, 3.63) is 0 Å². The van der Waals surface area contributed by atoms with Crippen molar-refractivity contribution in [2.24, 2.45) is 0 Å². The van der Waals surface area contributed by atoms with Crippen LogP contribution in [0, 0.1) is 0 Å². The number of ether oxygens (including phenoxy) is 1. The van der Waals surface area contributed by atoms with E-state index in [1.165, 1.54) is 0 Å². The SMILES string of the molecule is C[C@@H]1O[C@H](CO)[C@@H](O)[C@H](O)C1O. The fourth-order valence-electron chi connectivity index (χ4n) is 1.29. The molecule has 1 unspecified atom stereocenters. The summed E-state index contributed by atoms with van der Waals surface area (Å²) >= 11 is 0. The van der Waals surface area contributed by atoms with Crippen molar-refractivity contribution in [2.75, 3.05) is 6.61 Å². The van der Waals surface area contributed by atoms with E-state index >= 15 is 0 Å². The maximum atomic E-state index is 9.23. The minimum atomic E-state index is -1.24. The van der Waals surface area contributed by atoms with Gasteiger partial charge in [0.15, 0.2) is 0 Å². The van der Waals surface area contributed by atoms with Gasteiger partial charge in [-0.1, -0.05) is 0 Å². The topological polar surface area (TPSA) is 90.2 Å². The third-order valence-electron chi connectivity index (χ3n) is 2.13. The van der Waals surface area contributed by atoms with E-state index in [0.29, 0.717) is 0 Å². The lowest BCUT2D eigenvalue weighted by atomic mass is 9.96. The van der Waals surface area contributed by atoms with Crippen molar-refractivity contribution in [1.82, 2.24) is 0 Å². The molecule has 0 aliphatic carbocycles. The fourth-order valence-corrected chi connectivity index (χ4v) is 1.29. The molecule has 72 valence electrons. The zero-order chi connectivity index (χ0) is 9.30. The Labute approximate surface area is 70.2 Å². The molecule has 5 nitrogen and oxygen atoms in total. The third kappa shape index (κ3) is 1.60. The Morgan fingerprint density at radius 3 is 2.17 bits per heavy atom. The largest absolute Gasteiger partial charge is 0.394 e. The van der Waals surface area contributed by atoms with Crippen LogP contribution < -0.4 is 0 Å². The molecule has 0 bridgehead atoms. The Balaban J connectivity index is 2.63. The molecule has 12 heavy (non-hydrogen) atoms. The Morgan fingerprint density at radius 1 is 1.08 bits per heavy atom. The first-order valence-corrected chi connectivity index (χ1v) is 3.88. The molecule has 1 heterocycles. The predicted octanol–water partition coefficient (Wildman–Crippen LogP) is -2.15. The van der Waals surface area contributed by atoms with Gasteiger partial charge in [-0.2, -0.15) is 0 Å². The van der Waals surface area contributed by atoms with Crippen LogP contribution in [0.3, 0.4) is 0 Å². The summed E-state index contributed by atoms with van der Waals surface area (Å²) in [6.07, 6.45) is -4.94. The first kappa shape index (κ1) is 9.88. The van der Waals surface area contributed by atoms with Crippen molar-refractivity contribution in [1.29, 1.82) is 0 Å². The molecular weight excluding hydrogens is 164 g/mol. The van der Waals surface area contributed by atoms with E-state index in [9.17, 15) is 15.3 Å². The fraction of sp³-hybridized carbons (Fsp3) is 1.00. The molecule has 1 aliphatic heterocycles. The minimum absolute atomic E-state index is 0.366. The number of rotatable bonds is 1. The lowest BCUT2D eigenvalue weighted by molar-refractivity contribution is -0.224. The van der Waals surface area contributed by atoms with E-state index in [1.54, 1.807) is 6.92 Å². The summed E-state index contributed by atoms with van der Waals surface area (Å²) < 4.78 is 5.02. The number of hydrogen-bond donors (Lipinski definition) is 4. The van der Waals surface area contributed by atoms with Gasteiger partial charge in [0.2, 0.25) is 0 Å². The maximum Gasteiger partial charge on any atom is 0.111 e. The van der Waals surface area contributed by atoms with Gasteiger partial charge in [-0.25, -0.2) is 0 Å². The molecule has 4 N–H and O–H groups in total. The molecule has 5 atom stereocenters. The quantitative estimate of drug-likeness (QED) is 0.367. The van der Waals surface area contributed by atoms with E-state index in [-0.39, 0.29) is 6.61 Å². The minimum Gasteiger partial charge on any atom is -0.394 e. The normalized spacial score (nSPS) is 49.2. The van der Waals surface area contributed by atoms with Crippen LogP contribution in [0.5, 0.6) is 0 Å². The molecule has 0 radical (unpaired) electrons. The van der Waals surface area contributed by atoms with Crippen LogP contribution in [-0.2, 0) is 4.74 Å². The summed E-state index contributed by atoms with van der Waals surface area (Å²) in [5.74, 6) is 0. The molecule has 0 saturated carbocycles. The van der Waals surface area contributed by atoms with Crippen molar-refractivity contribution in [3.8, 4) is 0 Å². The van der Waals surface area contributed by atoms with E-state index in [1.807, 2.05) is 0 Å². The standard InChI is InChI=1S/C7H14O5/c1-3-5(9)7(11)6(10)4(2-8)12-3/h3-11H,2H2,1H3/t3-,4+,5?,6+,7+/m0/s1. The van der Waals surface area contributed by atoms with Gasteiger partial charge >= 0.3 is 0 Å². The van der Waals surface area contributed by atoms with Crippen molar-refractivity contribution < 1.29 is 25.2 Å². The highest BCUT2D eigenvalue weighted by atomic mass is 16.5. The highest BCUT2D eigenvalue weighted by Gasteiger charge is 2.41. The van der Waals surface area contributed by atoms with Gasteiger partial charge in [0, 0.05) is 0 Å². The van der Waals surface area contributed by atoms with Crippen molar-refractivity contribution in [3.63, 3.8) is 0 Å². The third-order valence-corrected chi connectivity index (χ3v) is 2.13. The van der Waals surface area contributed by atoms with Crippen LogP contribution >= 0.6 is 0 Å². The second kappa shape index (κ2) is 3.68. The highest BCUT2D eigenvalue weighted by molar-refractivity contribution is 4.89. The molecule has 1 saturated heterocycles. The van der Waals surface area contributed by atoms with Crippen LogP contribution in [0.25, 0.3) is 0 Å². The zero-order valence-corrected chi connectivity index (χ0v) is 6.79. The van der Waals surface area contributed by atoms with Gasteiger partial charge in [-0.05, 0) is 6.92 Å².